The summed E-state index contributed by atoms with van der Waals surface area (Å²) in [7, 11) is 0. The number of hydrogen-bond donors (Lipinski definition) is 3. The molecule has 34 heavy (non-hydrogen) atoms. The molecule has 170 valence electrons. The van der Waals surface area contributed by atoms with Crippen molar-refractivity contribution in [3.05, 3.63) is 87.8 Å². The van der Waals surface area contributed by atoms with Gasteiger partial charge in [-0.3, -0.25) is 9.36 Å². The average Bonchev–Trinajstić information content (AvgIpc) is 3.41. The van der Waals surface area contributed by atoms with Crippen LogP contribution in [0, 0.1) is 6.92 Å². The molecule has 0 unspecified atom stereocenters. The lowest BCUT2D eigenvalue weighted by Gasteiger charge is -2.13. The van der Waals surface area contributed by atoms with Gasteiger partial charge in [0, 0.05) is 16.3 Å². The number of halogens is 1. The van der Waals surface area contributed by atoms with E-state index in [0.717, 1.165) is 16.8 Å². The van der Waals surface area contributed by atoms with Crippen LogP contribution in [0.2, 0.25) is 5.02 Å². The molecule has 3 aromatic carbocycles. The number of H-pyrrole nitrogens is 2. The molecule has 0 radical (unpaired) electrons. The zero-order valence-electron chi connectivity index (χ0n) is 18.0. The first-order valence-electron chi connectivity index (χ1n) is 10.4. The van der Waals surface area contributed by atoms with Crippen molar-refractivity contribution in [2.75, 3.05) is 11.1 Å². The Morgan fingerprint density at radius 2 is 1.79 bits per heavy atom. The fourth-order valence-electron chi connectivity index (χ4n) is 3.62. The molecule has 8 nitrogen and oxygen atoms in total. The Morgan fingerprint density at radius 1 is 1.03 bits per heavy atom. The van der Waals surface area contributed by atoms with Crippen molar-refractivity contribution in [3.63, 3.8) is 0 Å². The SMILES string of the molecule is Cc1ccccc1-n1c(SCC(=O)Nc2ccc3[nH]c(=O)[nH]c3c2)nnc1-c1ccc(Cl)cc1. The molecule has 0 fully saturated rings. The minimum absolute atomic E-state index is 0.131. The third kappa shape index (κ3) is 4.48. The van der Waals surface area contributed by atoms with Crippen molar-refractivity contribution in [2.45, 2.75) is 12.1 Å². The summed E-state index contributed by atoms with van der Waals surface area (Å²) in [6, 6.07) is 20.5. The smallest absolute Gasteiger partial charge is 0.323 e. The number of aryl methyl sites for hydroxylation is 1. The van der Waals surface area contributed by atoms with Gasteiger partial charge in [0.1, 0.15) is 0 Å². The van der Waals surface area contributed by atoms with Gasteiger partial charge in [-0.2, -0.15) is 0 Å². The first-order valence-corrected chi connectivity index (χ1v) is 11.8. The summed E-state index contributed by atoms with van der Waals surface area (Å²) < 4.78 is 1.95. The van der Waals surface area contributed by atoms with Gasteiger partial charge in [-0.1, -0.05) is 41.6 Å². The van der Waals surface area contributed by atoms with Crippen LogP contribution in [-0.4, -0.2) is 36.4 Å². The van der Waals surface area contributed by atoms with Crippen LogP contribution in [0.3, 0.4) is 0 Å². The number of para-hydroxylation sites is 1. The zero-order chi connectivity index (χ0) is 23.7. The van der Waals surface area contributed by atoms with Gasteiger partial charge in [0.25, 0.3) is 0 Å². The Kier molecular flexibility index (Phi) is 5.95. The van der Waals surface area contributed by atoms with Crippen LogP contribution in [0.25, 0.3) is 28.1 Å². The Morgan fingerprint density at radius 3 is 2.59 bits per heavy atom. The summed E-state index contributed by atoms with van der Waals surface area (Å²) in [5.74, 6) is 0.595. The molecule has 0 aliphatic heterocycles. The summed E-state index contributed by atoms with van der Waals surface area (Å²) in [6.07, 6.45) is 0. The number of anilines is 1. The van der Waals surface area contributed by atoms with Crippen LogP contribution in [0.15, 0.2) is 76.7 Å². The van der Waals surface area contributed by atoms with Crippen LogP contribution < -0.4 is 11.0 Å². The molecule has 1 amide bonds. The number of thioether (sulfide) groups is 1. The van der Waals surface area contributed by atoms with Crippen molar-refractivity contribution in [2.24, 2.45) is 0 Å². The van der Waals surface area contributed by atoms with Gasteiger partial charge < -0.3 is 15.3 Å². The number of carbonyl (C=O) groups excluding carboxylic acids is 1. The molecule has 5 aromatic rings. The molecule has 0 saturated carbocycles. The zero-order valence-corrected chi connectivity index (χ0v) is 19.6. The fraction of sp³-hybridized carbons (Fsp3) is 0.0833. The lowest BCUT2D eigenvalue weighted by Crippen LogP contribution is -2.14. The van der Waals surface area contributed by atoms with Crippen LogP contribution in [0.1, 0.15) is 5.56 Å². The quantitative estimate of drug-likeness (QED) is 0.296. The van der Waals surface area contributed by atoms with E-state index in [4.69, 9.17) is 11.6 Å². The standard InChI is InChI=1S/C24H19ClN6O2S/c1-14-4-2-3-5-20(14)31-22(15-6-8-16(25)9-7-15)29-30-24(31)34-13-21(32)26-17-10-11-18-19(12-17)28-23(33)27-18/h2-12H,13H2,1H3,(H,26,32)(H2,27,28,33). The van der Waals surface area contributed by atoms with Gasteiger partial charge in [0.2, 0.25) is 5.91 Å². The van der Waals surface area contributed by atoms with Crippen molar-refractivity contribution < 1.29 is 4.79 Å². The van der Waals surface area contributed by atoms with E-state index in [1.807, 2.05) is 60.0 Å². The number of hydrogen-bond acceptors (Lipinski definition) is 5. The molecule has 0 aliphatic rings. The highest BCUT2D eigenvalue weighted by Gasteiger charge is 2.18. The third-order valence-electron chi connectivity index (χ3n) is 5.22. The van der Waals surface area contributed by atoms with E-state index in [-0.39, 0.29) is 17.3 Å². The second kappa shape index (κ2) is 9.20. The number of imidazole rings is 1. The van der Waals surface area contributed by atoms with Gasteiger partial charge in [0.15, 0.2) is 11.0 Å². The summed E-state index contributed by atoms with van der Waals surface area (Å²) in [5, 5.41) is 12.9. The minimum atomic E-state index is -0.291. The molecule has 3 N–H and O–H groups in total. The normalized spacial score (nSPS) is 11.1. The first-order chi connectivity index (χ1) is 16.5. The number of fused-ring (bicyclic) bond motifs is 1. The van der Waals surface area contributed by atoms with E-state index < -0.39 is 0 Å². The van der Waals surface area contributed by atoms with Crippen molar-refractivity contribution in [1.82, 2.24) is 24.7 Å². The van der Waals surface area contributed by atoms with Gasteiger partial charge in [-0.15, -0.1) is 10.2 Å². The number of aromatic nitrogens is 5. The fourth-order valence-corrected chi connectivity index (χ4v) is 4.49. The van der Waals surface area contributed by atoms with Crippen LogP contribution in [-0.2, 0) is 4.79 Å². The van der Waals surface area contributed by atoms with Crippen LogP contribution >= 0.6 is 23.4 Å². The first kappa shape index (κ1) is 22.0. The Bertz CT molecular complexity index is 1550. The Labute approximate surface area is 203 Å². The van der Waals surface area contributed by atoms with Crippen molar-refractivity contribution in [3.8, 4) is 17.1 Å². The molecule has 0 spiro atoms. The second-order valence-electron chi connectivity index (χ2n) is 7.61. The molecule has 0 saturated heterocycles. The Hall–Kier alpha value is -3.82. The van der Waals surface area contributed by atoms with E-state index in [9.17, 15) is 9.59 Å². The van der Waals surface area contributed by atoms with Gasteiger partial charge >= 0.3 is 5.69 Å². The second-order valence-corrected chi connectivity index (χ2v) is 8.99. The largest absolute Gasteiger partial charge is 0.325 e. The molecule has 2 aromatic heterocycles. The molecule has 2 heterocycles. The predicted molar refractivity (Wildman–Crippen MR) is 135 cm³/mol. The number of carbonyl (C=O) groups is 1. The number of aromatic amines is 2. The minimum Gasteiger partial charge on any atom is -0.325 e. The lowest BCUT2D eigenvalue weighted by atomic mass is 10.1. The maximum Gasteiger partial charge on any atom is 0.323 e. The third-order valence-corrected chi connectivity index (χ3v) is 6.41. The van der Waals surface area contributed by atoms with Gasteiger partial charge in [-0.05, 0) is 61.0 Å². The van der Waals surface area contributed by atoms with Crippen molar-refractivity contribution in [1.29, 1.82) is 0 Å². The number of rotatable bonds is 6. The number of benzene rings is 3. The molecular formula is C24H19ClN6O2S. The van der Waals surface area contributed by atoms with E-state index in [1.54, 1.807) is 18.2 Å². The maximum atomic E-state index is 12.7. The molecule has 0 atom stereocenters. The Balaban J connectivity index is 1.40. The highest BCUT2D eigenvalue weighted by molar-refractivity contribution is 7.99. The highest BCUT2D eigenvalue weighted by Crippen LogP contribution is 2.30. The molecular weight excluding hydrogens is 472 g/mol. The van der Waals surface area contributed by atoms with Crippen LogP contribution in [0.4, 0.5) is 5.69 Å². The number of nitrogens with zero attached hydrogens (tertiary/aromatic N) is 3. The van der Waals surface area contributed by atoms with Gasteiger partial charge in [0.05, 0.1) is 22.5 Å². The lowest BCUT2D eigenvalue weighted by molar-refractivity contribution is -0.113. The van der Waals surface area contributed by atoms with E-state index in [0.29, 0.717) is 32.7 Å². The molecule has 5 rings (SSSR count). The number of nitrogens with one attached hydrogen (secondary N) is 3. The predicted octanol–water partition coefficient (Wildman–Crippen LogP) is 4.80. The summed E-state index contributed by atoms with van der Waals surface area (Å²) in [6.45, 7) is 2.02. The van der Waals surface area contributed by atoms with E-state index in [2.05, 4.69) is 25.5 Å². The topological polar surface area (TPSA) is 108 Å². The summed E-state index contributed by atoms with van der Waals surface area (Å²) in [5.41, 5.74) is 4.46. The van der Waals surface area contributed by atoms with E-state index in [1.165, 1.54) is 11.8 Å². The monoisotopic (exact) mass is 490 g/mol. The molecule has 0 aliphatic carbocycles. The average molecular weight is 491 g/mol. The van der Waals surface area contributed by atoms with Crippen LogP contribution in [0.5, 0.6) is 0 Å². The maximum absolute atomic E-state index is 12.7. The summed E-state index contributed by atoms with van der Waals surface area (Å²) in [4.78, 5) is 29.5. The number of amides is 1. The molecule has 0 bridgehead atoms. The van der Waals surface area contributed by atoms with Gasteiger partial charge in [-0.25, -0.2) is 4.79 Å². The molecule has 10 heteroatoms. The van der Waals surface area contributed by atoms with E-state index >= 15 is 0 Å². The summed E-state index contributed by atoms with van der Waals surface area (Å²) >= 11 is 7.35. The highest BCUT2D eigenvalue weighted by atomic mass is 35.5. The van der Waals surface area contributed by atoms with Crippen molar-refractivity contribution >= 4 is 46.0 Å².